The first kappa shape index (κ1) is 17.2. The number of piperazine rings is 1. The van der Waals surface area contributed by atoms with Gasteiger partial charge in [0, 0.05) is 37.2 Å². The summed E-state index contributed by atoms with van der Waals surface area (Å²) in [5.41, 5.74) is 5.29. The minimum atomic E-state index is 0.982. The van der Waals surface area contributed by atoms with Gasteiger partial charge in [-0.05, 0) is 42.7 Å². The van der Waals surface area contributed by atoms with Crippen LogP contribution in [0.3, 0.4) is 0 Å². The number of benzene rings is 2. The Hall–Kier alpha value is -1.65. The Kier molecular flexibility index (Phi) is 5.69. The molecule has 24 heavy (non-hydrogen) atoms. The summed E-state index contributed by atoms with van der Waals surface area (Å²) in [7, 11) is 0. The highest BCUT2D eigenvalue weighted by molar-refractivity contribution is 9.10. The predicted octanol–water partition coefficient (Wildman–Crippen LogP) is 4.22. The van der Waals surface area contributed by atoms with Gasteiger partial charge in [-0.3, -0.25) is 9.91 Å². The number of nitrogens with zero attached hydrogens (tertiary/aromatic N) is 3. The smallest absolute Gasteiger partial charge is 0.0543 e. The third-order valence-electron chi connectivity index (χ3n) is 4.46. The molecule has 0 aromatic heterocycles. The van der Waals surface area contributed by atoms with Crippen LogP contribution in [0.15, 0.2) is 52.0 Å². The van der Waals surface area contributed by atoms with Gasteiger partial charge in [-0.2, -0.15) is 5.10 Å². The molecule has 0 aliphatic carbocycles. The number of hydrogen-bond donors (Lipinski definition) is 0. The first-order valence-electron chi connectivity index (χ1n) is 8.43. The molecule has 3 rings (SSSR count). The van der Waals surface area contributed by atoms with Crippen LogP contribution in [-0.2, 0) is 6.54 Å². The molecule has 1 heterocycles. The molecule has 0 atom stereocenters. The standard InChI is InChI=1S/C20H24BrN3/c1-16-6-7-19(17(2)12-16)15-23-8-10-24(11-9-23)22-14-18-4-3-5-20(21)13-18/h3-7,12-14H,8-11,15H2,1-2H3. The highest BCUT2D eigenvalue weighted by atomic mass is 79.9. The van der Waals surface area contributed by atoms with Crippen LogP contribution in [0.25, 0.3) is 0 Å². The molecule has 0 amide bonds. The second-order valence-corrected chi connectivity index (χ2v) is 7.38. The van der Waals surface area contributed by atoms with Crippen LogP contribution in [0.5, 0.6) is 0 Å². The van der Waals surface area contributed by atoms with Crippen molar-refractivity contribution in [3.63, 3.8) is 0 Å². The van der Waals surface area contributed by atoms with E-state index in [1.807, 2.05) is 18.3 Å². The van der Waals surface area contributed by atoms with E-state index >= 15 is 0 Å². The number of rotatable bonds is 4. The second-order valence-electron chi connectivity index (χ2n) is 6.46. The molecule has 0 bridgehead atoms. The lowest BCUT2D eigenvalue weighted by Crippen LogP contribution is -2.43. The van der Waals surface area contributed by atoms with Crippen LogP contribution in [0.2, 0.25) is 0 Å². The first-order chi connectivity index (χ1) is 11.6. The Morgan fingerprint density at radius 3 is 2.54 bits per heavy atom. The van der Waals surface area contributed by atoms with Crippen LogP contribution in [0, 0.1) is 13.8 Å². The third-order valence-corrected chi connectivity index (χ3v) is 4.95. The molecule has 1 aliphatic heterocycles. The van der Waals surface area contributed by atoms with E-state index in [4.69, 9.17) is 0 Å². The molecule has 2 aromatic carbocycles. The molecule has 1 aliphatic rings. The summed E-state index contributed by atoms with van der Waals surface area (Å²) in [6.45, 7) is 9.48. The molecule has 3 nitrogen and oxygen atoms in total. The maximum absolute atomic E-state index is 4.63. The summed E-state index contributed by atoms with van der Waals surface area (Å²) >= 11 is 3.50. The van der Waals surface area contributed by atoms with Crippen molar-refractivity contribution < 1.29 is 0 Å². The van der Waals surface area contributed by atoms with E-state index in [-0.39, 0.29) is 0 Å². The van der Waals surface area contributed by atoms with E-state index in [0.717, 1.165) is 42.8 Å². The Balaban J connectivity index is 1.52. The van der Waals surface area contributed by atoms with Crippen LogP contribution in [0.4, 0.5) is 0 Å². The van der Waals surface area contributed by atoms with Crippen molar-refractivity contribution in [2.75, 3.05) is 26.2 Å². The Morgan fingerprint density at radius 1 is 1.04 bits per heavy atom. The van der Waals surface area contributed by atoms with Crippen LogP contribution < -0.4 is 0 Å². The Labute approximate surface area is 153 Å². The van der Waals surface area contributed by atoms with Crippen molar-refractivity contribution >= 4 is 22.1 Å². The summed E-state index contributed by atoms with van der Waals surface area (Å²) in [4.78, 5) is 2.52. The molecule has 0 saturated carbocycles. The highest BCUT2D eigenvalue weighted by Crippen LogP contribution is 2.15. The maximum Gasteiger partial charge on any atom is 0.0543 e. The second kappa shape index (κ2) is 7.95. The molecule has 0 radical (unpaired) electrons. The summed E-state index contributed by atoms with van der Waals surface area (Å²) in [6, 6.07) is 15.0. The van der Waals surface area contributed by atoms with E-state index in [1.165, 1.54) is 16.7 Å². The van der Waals surface area contributed by atoms with Crippen molar-refractivity contribution in [2.24, 2.45) is 5.10 Å². The zero-order chi connectivity index (χ0) is 16.9. The summed E-state index contributed by atoms with van der Waals surface area (Å²) in [6.07, 6.45) is 1.95. The molecule has 0 spiro atoms. The molecular formula is C20H24BrN3. The maximum atomic E-state index is 4.63. The average Bonchev–Trinajstić information content (AvgIpc) is 2.57. The molecule has 1 fully saturated rings. The summed E-state index contributed by atoms with van der Waals surface area (Å²) in [5, 5.41) is 6.79. The van der Waals surface area contributed by atoms with Crippen molar-refractivity contribution in [1.29, 1.82) is 0 Å². The van der Waals surface area contributed by atoms with Crippen molar-refractivity contribution in [3.8, 4) is 0 Å². The quantitative estimate of drug-likeness (QED) is 0.733. The number of aryl methyl sites for hydroxylation is 2. The fourth-order valence-corrected chi connectivity index (χ4v) is 3.43. The van der Waals surface area contributed by atoms with Gasteiger partial charge in [-0.15, -0.1) is 0 Å². The van der Waals surface area contributed by atoms with Gasteiger partial charge in [0.2, 0.25) is 0 Å². The fraction of sp³-hybridized carbons (Fsp3) is 0.350. The third kappa shape index (κ3) is 4.68. The zero-order valence-electron chi connectivity index (χ0n) is 14.4. The lowest BCUT2D eigenvalue weighted by atomic mass is 10.1. The van der Waals surface area contributed by atoms with Gasteiger partial charge in [0.15, 0.2) is 0 Å². The first-order valence-corrected chi connectivity index (χ1v) is 9.22. The number of hydrazone groups is 1. The van der Waals surface area contributed by atoms with Crippen LogP contribution in [-0.4, -0.2) is 42.3 Å². The zero-order valence-corrected chi connectivity index (χ0v) is 16.0. The van der Waals surface area contributed by atoms with Gasteiger partial charge >= 0.3 is 0 Å². The SMILES string of the molecule is Cc1ccc(CN2CCN(N=Cc3cccc(Br)c3)CC2)c(C)c1. The fourth-order valence-electron chi connectivity index (χ4n) is 3.01. The van der Waals surface area contributed by atoms with Crippen LogP contribution >= 0.6 is 15.9 Å². The van der Waals surface area contributed by atoms with Gasteiger partial charge in [0.05, 0.1) is 6.21 Å². The Bertz CT molecular complexity index is 719. The highest BCUT2D eigenvalue weighted by Gasteiger charge is 2.16. The van der Waals surface area contributed by atoms with E-state index in [0.29, 0.717) is 0 Å². The van der Waals surface area contributed by atoms with E-state index in [9.17, 15) is 0 Å². The molecule has 0 unspecified atom stereocenters. The lowest BCUT2D eigenvalue weighted by molar-refractivity contribution is 0.131. The average molecular weight is 386 g/mol. The van der Waals surface area contributed by atoms with Gasteiger partial charge in [0.25, 0.3) is 0 Å². The molecule has 126 valence electrons. The molecule has 4 heteroatoms. The summed E-state index contributed by atoms with van der Waals surface area (Å²) in [5.74, 6) is 0. The normalized spacial score (nSPS) is 16.0. The molecule has 2 aromatic rings. The molecular weight excluding hydrogens is 362 g/mol. The minimum Gasteiger partial charge on any atom is -0.295 e. The predicted molar refractivity (Wildman–Crippen MR) is 105 cm³/mol. The monoisotopic (exact) mass is 385 g/mol. The Morgan fingerprint density at radius 2 is 1.83 bits per heavy atom. The van der Waals surface area contributed by atoms with E-state index in [1.54, 1.807) is 0 Å². The number of halogens is 1. The topological polar surface area (TPSA) is 18.8 Å². The minimum absolute atomic E-state index is 0.982. The van der Waals surface area contributed by atoms with E-state index < -0.39 is 0 Å². The van der Waals surface area contributed by atoms with Crippen molar-refractivity contribution in [3.05, 3.63) is 69.2 Å². The molecule has 1 saturated heterocycles. The van der Waals surface area contributed by atoms with Gasteiger partial charge in [-0.25, -0.2) is 0 Å². The van der Waals surface area contributed by atoms with Crippen LogP contribution in [0.1, 0.15) is 22.3 Å². The number of hydrogen-bond acceptors (Lipinski definition) is 3. The van der Waals surface area contributed by atoms with Gasteiger partial charge in [0.1, 0.15) is 0 Å². The largest absolute Gasteiger partial charge is 0.295 e. The van der Waals surface area contributed by atoms with Gasteiger partial charge in [-0.1, -0.05) is 51.8 Å². The van der Waals surface area contributed by atoms with E-state index in [2.05, 4.69) is 75.1 Å². The molecule has 0 N–H and O–H groups in total. The van der Waals surface area contributed by atoms with Crippen molar-refractivity contribution in [1.82, 2.24) is 9.91 Å². The summed E-state index contributed by atoms with van der Waals surface area (Å²) < 4.78 is 1.09. The van der Waals surface area contributed by atoms with Crippen molar-refractivity contribution in [2.45, 2.75) is 20.4 Å². The van der Waals surface area contributed by atoms with Gasteiger partial charge < -0.3 is 0 Å². The lowest BCUT2D eigenvalue weighted by Gasteiger charge is -2.33.